The maximum absolute atomic E-state index is 4.46. The fourth-order valence-corrected chi connectivity index (χ4v) is 2.98. The minimum Gasteiger partial charge on any atom is -0.354 e. The Balaban J connectivity index is 1.49. The lowest BCUT2D eigenvalue weighted by molar-refractivity contribution is 0.175. The molecule has 0 amide bonds. The Kier molecular flexibility index (Phi) is 4.53. The van der Waals surface area contributed by atoms with Gasteiger partial charge in [0.05, 0.1) is 0 Å². The molecule has 2 fully saturated rings. The first-order chi connectivity index (χ1) is 9.86. The molecular weight excluding hydrogens is 248 g/mol. The monoisotopic (exact) mass is 274 g/mol. The summed E-state index contributed by atoms with van der Waals surface area (Å²) >= 11 is 0. The quantitative estimate of drug-likeness (QED) is 0.856. The number of nitrogens with zero attached hydrogens (tertiary/aromatic N) is 3. The van der Waals surface area contributed by atoms with Crippen molar-refractivity contribution in [2.75, 3.05) is 37.6 Å². The summed E-state index contributed by atoms with van der Waals surface area (Å²) < 4.78 is 0. The average Bonchev–Trinajstić information content (AvgIpc) is 3.34. The van der Waals surface area contributed by atoms with Crippen LogP contribution in [0.5, 0.6) is 0 Å². The van der Waals surface area contributed by atoms with Crippen molar-refractivity contribution >= 4 is 5.82 Å². The first-order valence-corrected chi connectivity index (χ1v) is 8.00. The van der Waals surface area contributed by atoms with Crippen LogP contribution in [0.3, 0.4) is 0 Å². The Morgan fingerprint density at radius 2 is 2.05 bits per heavy atom. The molecule has 0 bridgehead atoms. The molecule has 1 aromatic rings. The van der Waals surface area contributed by atoms with Crippen molar-refractivity contribution in [3.8, 4) is 0 Å². The molecule has 1 saturated carbocycles. The van der Waals surface area contributed by atoms with Crippen LogP contribution in [-0.2, 0) is 0 Å². The summed E-state index contributed by atoms with van der Waals surface area (Å²) in [6.07, 6.45) is 5.88. The van der Waals surface area contributed by atoms with Gasteiger partial charge < -0.3 is 10.2 Å². The van der Waals surface area contributed by atoms with Crippen LogP contribution in [0, 0.1) is 0 Å². The Morgan fingerprint density at radius 1 is 1.25 bits per heavy atom. The molecule has 0 radical (unpaired) electrons. The highest BCUT2D eigenvalue weighted by atomic mass is 15.3. The van der Waals surface area contributed by atoms with Gasteiger partial charge in [0.2, 0.25) is 0 Å². The smallest absolute Gasteiger partial charge is 0.128 e. The summed E-state index contributed by atoms with van der Waals surface area (Å²) in [5.41, 5.74) is 0. The van der Waals surface area contributed by atoms with Crippen LogP contribution in [-0.4, -0.2) is 54.7 Å². The number of rotatable bonds is 6. The molecule has 1 atom stereocenters. The first kappa shape index (κ1) is 13.8. The number of aromatic nitrogens is 1. The lowest BCUT2D eigenvalue weighted by atomic mass is 10.1. The molecule has 1 aliphatic heterocycles. The molecule has 1 unspecified atom stereocenters. The second-order valence-electron chi connectivity index (χ2n) is 5.96. The fourth-order valence-electron chi connectivity index (χ4n) is 2.98. The zero-order valence-corrected chi connectivity index (χ0v) is 12.5. The van der Waals surface area contributed by atoms with Crippen LogP contribution in [0.25, 0.3) is 0 Å². The maximum atomic E-state index is 4.46. The van der Waals surface area contributed by atoms with Crippen molar-refractivity contribution < 1.29 is 0 Å². The molecule has 20 heavy (non-hydrogen) atoms. The third kappa shape index (κ3) is 3.49. The van der Waals surface area contributed by atoms with E-state index in [1.807, 2.05) is 12.3 Å². The van der Waals surface area contributed by atoms with E-state index in [2.05, 4.69) is 39.2 Å². The topological polar surface area (TPSA) is 31.4 Å². The molecule has 0 spiro atoms. The second kappa shape index (κ2) is 6.55. The van der Waals surface area contributed by atoms with Crippen molar-refractivity contribution in [2.24, 2.45) is 0 Å². The largest absolute Gasteiger partial charge is 0.354 e. The van der Waals surface area contributed by atoms with Gasteiger partial charge in [-0.3, -0.25) is 4.90 Å². The fraction of sp³-hybridized carbons (Fsp3) is 0.688. The van der Waals surface area contributed by atoms with E-state index in [0.29, 0.717) is 6.04 Å². The SMILES string of the molecule is CCC(CNC1CC1)N1CCN(c2ccccn2)CC1. The molecule has 1 aliphatic carbocycles. The summed E-state index contributed by atoms with van der Waals surface area (Å²) in [7, 11) is 0. The first-order valence-electron chi connectivity index (χ1n) is 8.00. The minimum absolute atomic E-state index is 0.696. The average molecular weight is 274 g/mol. The Bertz CT molecular complexity index is 396. The summed E-state index contributed by atoms with van der Waals surface area (Å²) in [5.74, 6) is 1.12. The summed E-state index contributed by atoms with van der Waals surface area (Å²) in [5, 5.41) is 3.68. The molecule has 1 N–H and O–H groups in total. The van der Waals surface area contributed by atoms with E-state index in [9.17, 15) is 0 Å². The molecule has 110 valence electrons. The van der Waals surface area contributed by atoms with E-state index in [1.54, 1.807) is 0 Å². The van der Waals surface area contributed by atoms with Crippen molar-refractivity contribution in [2.45, 2.75) is 38.3 Å². The predicted octanol–water partition coefficient (Wildman–Crippen LogP) is 1.73. The van der Waals surface area contributed by atoms with Crippen LogP contribution >= 0.6 is 0 Å². The Hall–Kier alpha value is -1.13. The molecule has 2 heterocycles. The van der Waals surface area contributed by atoms with Gasteiger partial charge >= 0.3 is 0 Å². The minimum atomic E-state index is 0.696. The lowest BCUT2D eigenvalue weighted by Crippen LogP contribution is -2.53. The summed E-state index contributed by atoms with van der Waals surface area (Å²) in [6, 6.07) is 7.68. The van der Waals surface area contributed by atoms with E-state index in [0.717, 1.165) is 44.6 Å². The number of hydrogen-bond donors (Lipinski definition) is 1. The Labute approximate surface area is 122 Å². The highest BCUT2D eigenvalue weighted by Crippen LogP contribution is 2.20. The molecular formula is C16H26N4. The van der Waals surface area contributed by atoms with Crippen LogP contribution in [0.1, 0.15) is 26.2 Å². The second-order valence-corrected chi connectivity index (χ2v) is 5.96. The molecule has 4 nitrogen and oxygen atoms in total. The Morgan fingerprint density at radius 3 is 2.65 bits per heavy atom. The van der Waals surface area contributed by atoms with Crippen molar-refractivity contribution in [3.63, 3.8) is 0 Å². The van der Waals surface area contributed by atoms with Crippen LogP contribution in [0.4, 0.5) is 5.82 Å². The van der Waals surface area contributed by atoms with Crippen molar-refractivity contribution in [1.82, 2.24) is 15.2 Å². The summed E-state index contributed by atoms with van der Waals surface area (Å²) in [6.45, 7) is 7.96. The zero-order valence-electron chi connectivity index (χ0n) is 12.5. The number of piperazine rings is 1. The highest BCUT2D eigenvalue weighted by Gasteiger charge is 2.26. The number of nitrogens with one attached hydrogen (secondary N) is 1. The van der Waals surface area contributed by atoms with Gasteiger partial charge in [-0.1, -0.05) is 13.0 Å². The van der Waals surface area contributed by atoms with Gasteiger partial charge in [-0.15, -0.1) is 0 Å². The third-order valence-electron chi connectivity index (χ3n) is 4.49. The maximum Gasteiger partial charge on any atom is 0.128 e. The predicted molar refractivity (Wildman–Crippen MR) is 83.1 cm³/mol. The van der Waals surface area contributed by atoms with Crippen LogP contribution in [0.15, 0.2) is 24.4 Å². The van der Waals surface area contributed by atoms with E-state index in [4.69, 9.17) is 0 Å². The molecule has 2 aliphatic rings. The van der Waals surface area contributed by atoms with Crippen molar-refractivity contribution in [1.29, 1.82) is 0 Å². The van der Waals surface area contributed by atoms with Crippen LogP contribution < -0.4 is 10.2 Å². The van der Waals surface area contributed by atoms with Crippen LogP contribution in [0.2, 0.25) is 0 Å². The third-order valence-corrected chi connectivity index (χ3v) is 4.49. The normalized spacial score (nSPS) is 21.9. The van der Waals surface area contributed by atoms with E-state index in [1.165, 1.54) is 19.3 Å². The van der Waals surface area contributed by atoms with E-state index < -0.39 is 0 Å². The highest BCUT2D eigenvalue weighted by molar-refractivity contribution is 5.38. The molecule has 3 rings (SSSR count). The molecule has 1 saturated heterocycles. The number of pyridine rings is 1. The molecule has 1 aromatic heterocycles. The number of anilines is 1. The van der Waals surface area contributed by atoms with E-state index >= 15 is 0 Å². The van der Waals surface area contributed by atoms with Gasteiger partial charge in [-0.05, 0) is 31.4 Å². The molecule has 0 aromatic carbocycles. The van der Waals surface area contributed by atoms with E-state index in [-0.39, 0.29) is 0 Å². The zero-order chi connectivity index (χ0) is 13.8. The van der Waals surface area contributed by atoms with Gasteiger partial charge in [-0.25, -0.2) is 4.98 Å². The van der Waals surface area contributed by atoms with Gasteiger partial charge in [-0.2, -0.15) is 0 Å². The lowest BCUT2D eigenvalue weighted by Gasteiger charge is -2.39. The van der Waals surface area contributed by atoms with Crippen molar-refractivity contribution in [3.05, 3.63) is 24.4 Å². The van der Waals surface area contributed by atoms with Gasteiger partial charge in [0.15, 0.2) is 0 Å². The number of hydrogen-bond acceptors (Lipinski definition) is 4. The molecule has 4 heteroatoms. The van der Waals surface area contributed by atoms with Gasteiger partial charge in [0, 0.05) is 51.0 Å². The van der Waals surface area contributed by atoms with Gasteiger partial charge in [0.1, 0.15) is 5.82 Å². The summed E-state index contributed by atoms with van der Waals surface area (Å²) in [4.78, 5) is 9.50. The standard InChI is InChI=1S/C16H26N4/c1-2-15(13-18-14-6-7-14)19-9-11-20(12-10-19)16-5-3-4-8-17-16/h3-5,8,14-15,18H,2,6-7,9-13H2,1H3. The van der Waals surface area contributed by atoms with Gasteiger partial charge in [0.25, 0.3) is 0 Å².